The van der Waals surface area contributed by atoms with Gasteiger partial charge in [0, 0.05) is 6.42 Å². The third kappa shape index (κ3) is 3.68. The van der Waals surface area contributed by atoms with Crippen molar-refractivity contribution in [3.63, 3.8) is 0 Å². The molecule has 26 heavy (non-hydrogen) atoms. The number of nitrogens with two attached hydrogens (primary N) is 1. The number of hydrogen-bond acceptors (Lipinski definition) is 6. The Labute approximate surface area is 158 Å². The van der Waals surface area contributed by atoms with E-state index in [4.69, 9.17) is 38.2 Å². The number of carbonyl (C=O) groups excluding carboxylic acids is 2. The van der Waals surface area contributed by atoms with E-state index in [-0.39, 0.29) is 29.0 Å². The van der Waals surface area contributed by atoms with Crippen molar-refractivity contribution >= 4 is 41.0 Å². The lowest BCUT2D eigenvalue weighted by molar-refractivity contribution is 0.141. The van der Waals surface area contributed by atoms with Gasteiger partial charge in [0.2, 0.25) is 0 Å². The van der Waals surface area contributed by atoms with Crippen LogP contribution in [0.2, 0.25) is 10.0 Å². The molecule has 0 radical (unpaired) electrons. The van der Waals surface area contributed by atoms with Crippen LogP contribution in [-0.2, 0) is 11.2 Å². The van der Waals surface area contributed by atoms with Gasteiger partial charge in [0.05, 0.1) is 34.4 Å². The van der Waals surface area contributed by atoms with E-state index >= 15 is 0 Å². The van der Waals surface area contributed by atoms with Crippen molar-refractivity contribution in [1.82, 2.24) is 15.5 Å². The molecule has 0 saturated carbocycles. The molecule has 1 aliphatic rings. The van der Waals surface area contributed by atoms with Crippen molar-refractivity contribution < 1.29 is 18.8 Å². The monoisotopic (exact) mass is 399 g/mol. The lowest BCUT2D eigenvalue weighted by atomic mass is 10.2. The zero-order valence-corrected chi connectivity index (χ0v) is 15.2. The predicted octanol–water partition coefficient (Wildman–Crippen LogP) is 2.60. The highest BCUT2D eigenvalue weighted by Crippen LogP contribution is 2.38. The van der Waals surface area contributed by atoms with Gasteiger partial charge in [-0.3, -0.25) is 4.90 Å². The summed E-state index contributed by atoms with van der Waals surface area (Å²) in [6.45, 7) is 2.22. The topological polar surface area (TPSA) is 124 Å². The molecule has 1 aliphatic heterocycles. The number of ether oxygens (including phenoxy) is 1. The van der Waals surface area contributed by atoms with Gasteiger partial charge in [-0.1, -0.05) is 35.3 Å². The molecule has 1 saturated heterocycles. The Morgan fingerprint density at radius 2 is 2.12 bits per heavy atom. The minimum absolute atomic E-state index is 0.110. The molecule has 1 fully saturated rings. The second-order valence-corrected chi connectivity index (χ2v) is 6.33. The first-order valence-electron chi connectivity index (χ1n) is 7.72. The van der Waals surface area contributed by atoms with Crippen LogP contribution in [-0.4, -0.2) is 41.5 Å². The van der Waals surface area contributed by atoms with Crippen molar-refractivity contribution in [2.45, 2.75) is 19.4 Å². The number of cyclic esters (lactones) is 1. The Bertz CT molecular complexity index is 833. The summed E-state index contributed by atoms with van der Waals surface area (Å²) in [6, 6.07) is 2.42. The molecule has 0 aliphatic carbocycles. The number of aryl methyl sites for hydroxylation is 1. The van der Waals surface area contributed by atoms with Crippen LogP contribution in [0, 0.1) is 0 Å². The van der Waals surface area contributed by atoms with Crippen LogP contribution < -0.4 is 16.0 Å². The lowest BCUT2D eigenvalue weighted by Gasteiger charge is -2.15. The largest absolute Gasteiger partial charge is 0.442 e. The van der Waals surface area contributed by atoms with E-state index in [1.54, 1.807) is 12.1 Å². The first kappa shape index (κ1) is 18.3. The van der Waals surface area contributed by atoms with Crippen molar-refractivity contribution in [2.24, 2.45) is 5.73 Å². The number of anilines is 1. The van der Waals surface area contributed by atoms with E-state index in [1.165, 1.54) is 4.90 Å². The molecule has 11 heteroatoms. The number of nitrogens with one attached hydrogen (secondary N) is 1. The van der Waals surface area contributed by atoms with Crippen LogP contribution in [0.5, 0.6) is 0 Å². The number of hydrogen-bond donors (Lipinski definition) is 2. The molecule has 1 unspecified atom stereocenters. The molecule has 1 atom stereocenters. The van der Waals surface area contributed by atoms with Gasteiger partial charge in [0.15, 0.2) is 5.82 Å². The summed E-state index contributed by atoms with van der Waals surface area (Å²) in [5.41, 5.74) is 5.86. The summed E-state index contributed by atoms with van der Waals surface area (Å²) in [7, 11) is 0. The SMILES string of the molecule is CCc1noc(-c2c(Cl)cc(N3CC(CNC(N)=O)OC3=O)cc2Cl)n1. The summed E-state index contributed by atoms with van der Waals surface area (Å²) in [5, 5.41) is 6.72. The number of carbonyl (C=O) groups is 2. The van der Waals surface area contributed by atoms with Crippen LogP contribution in [0.25, 0.3) is 11.5 Å². The average Bonchev–Trinajstić information content (AvgIpc) is 3.19. The maximum Gasteiger partial charge on any atom is 0.414 e. The van der Waals surface area contributed by atoms with Crippen LogP contribution in [0.4, 0.5) is 15.3 Å². The lowest BCUT2D eigenvalue weighted by Crippen LogP contribution is -2.37. The van der Waals surface area contributed by atoms with Crippen LogP contribution in [0.1, 0.15) is 12.7 Å². The molecule has 0 spiro atoms. The first-order valence-corrected chi connectivity index (χ1v) is 8.48. The highest BCUT2D eigenvalue weighted by Gasteiger charge is 2.33. The Morgan fingerprint density at radius 1 is 1.42 bits per heavy atom. The van der Waals surface area contributed by atoms with Gasteiger partial charge in [-0.05, 0) is 12.1 Å². The van der Waals surface area contributed by atoms with E-state index in [1.807, 2.05) is 6.92 Å². The summed E-state index contributed by atoms with van der Waals surface area (Å²) in [5.74, 6) is 0.736. The maximum atomic E-state index is 12.1. The first-order chi connectivity index (χ1) is 12.4. The van der Waals surface area contributed by atoms with Gasteiger partial charge < -0.3 is 20.3 Å². The minimum Gasteiger partial charge on any atom is -0.442 e. The van der Waals surface area contributed by atoms with Crippen molar-refractivity contribution in [3.05, 3.63) is 28.0 Å². The van der Waals surface area contributed by atoms with Gasteiger partial charge >= 0.3 is 12.1 Å². The minimum atomic E-state index is -0.694. The van der Waals surface area contributed by atoms with Crippen LogP contribution in [0.3, 0.4) is 0 Å². The van der Waals surface area contributed by atoms with Gasteiger partial charge in [0.1, 0.15) is 6.10 Å². The zero-order chi connectivity index (χ0) is 18.8. The van der Waals surface area contributed by atoms with Gasteiger partial charge in [-0.15, -0.1) is 0 Å². The number of benzene rings is 1. The Hall–Kier alpha value is -2.52. The predicted molar refractivity (Wildman–Crippen MR) is 94.3 cm³/mol. The van der Waals surface area contributed by atoms with E-state index in [2.05, 4.69) is 15.5 Å². The molecule has 3 amide bonds. The van der Waals surface area contributed by atoms with Gasteiger partial charge in [0.25, 0.3) is 5.89 Å². The van der Waals surface area contributed by atoms with Crippen LogP contribution in [0.15, 0.2) is 16.7 Å². The molecular weight excluding hydrogens is 385 g/mol. The fraction of sp³-hybridized carbons (Fsp3) is 0.333. The number of aromatic nitrogens is 2. The number of urea groups is 1. The summed E-state index contributed by atoms with van der Waals surface area (Å²) < 4.78 is 10.4. The number of nitrogens with zero attached hydrogens (tertiary/aromatic N) is 3. The summed E-state index contributed by atoms with van der Waals surface area (Å²) in [4.78, 5) is 28.4. The number of amides is 3. The third-order valence-corrected chi connectivity index (χ3v) is 4.31. The van der Waals surface area contributed by atoms with E-state index in [9.17, 15) is 9.59 Å². The molecule has 3 rings (SSSR count). The molecule has 138 valence electrons. The summed E-state index contributed by atoms with van der Waals surface area (Å²) >= 11 is 12.6. The normalized spacial score (nSPS) is 16.7. The Balaban J connectivity index is 1.83. The summed E-state index contributed by atoms with van der Waals surface area (Å²) in [6.07, 6.45) is -0.501. The molecule has 1 aromatic carbocycles. The Kier molecular flexibility index (Phi) is 5.19. The van der Waals surface area contributed by atoms with E-state index in [0.717, 1.165) is 0 Å². The fourth-order valence-electron chi connectivity index (χ4n) is 2.47. The number of rotatable bonds is 5. The second-order valence-electron chi connectivity index (χ2n) is 5.52. The second kappa shape index (κ2) is 7.38. The molecular formula is C15H15Cl2N5O4. The van der Waals surface area contributed by atoms with Crippen molar-refractivity contribution in [2.75, 3.05) is 18.0 Å². The highest BCUT2D eigenvalue weighted by atomic mass is 35.5. The highest BCUT2D eigenvalue weighted by molar-refractivity contribution is 6.39. The maximum absolute atomic E-state index is 12.1. The fourth-order valence-corrected chi connectivity index (χ4v) is 3.11. The number of halogens is 2. The molecule has 0 bridgehead atoms. The van der Waals surface area contributed by atoms with E-state index in [0.29, 0.717) is 23.5 Å². The Morgan fingerprint density at radius 3 is 2.69 bits per heavy atom. The van der Waals surface area contributed by atoms with E-state index < -0.39 is 18.2 Å². The zero-order valence-electron chi connectivity index (χ0n) is 13.7. The molecule has 9 nitrogen and oxygen atoms in total. The van der Waals surface area contributed by atoms with Crippen molar-refractivity contribution in [3.8, 4) is 11.5 Å². The smallest absolute Gasteiger partial charge is 0.414 e. The van der Waals surface area contributed by atoms with Gasteiger partial charge in [-0.2, -0.15) is 4.98 Å². The quantitative estimate of drug-likeness (QED) is 0.795. The van der Waals surface area contributed by atoms with Crippen molar-refractivity contribution in [1.29, 1.82) is 0 Å². The standard InChI is InChI=1S/C15H15Cl2N5O4/c1-2-11-20-13(26-21-11)12-9(16)3-7(4-10(12)17)22-6-8(25-15(22)24)5-19-14(18)23/h3-4,8H,2,5-6H2,1H3,(H3,18,19,23). The molecule has 3 N–H and O–H groups in total. The van der Waals surface area contributed by atoms with Crippen LogP contribution >= 0.6 is 23.2 Å². The molecule has 2 heterocycles. The number of primary amides is 1. The molecule has 2 aromatic rings. The third-order valence-electron chi connectivity index (χ3n) is 3.71. The van der Waals surface area contributed by atoms with Gasteiger partial charge in [-0.25, -0.2) is 9.59 Å². The average molecular weight is 400 g/mol. The molecule has 1 aromatic heterocycles.